The van der Waals surface area contributed by atoms with Gasteiger partial charge in [-0.15, -0.1) is 0 Å². The van der Waals surface area contributed by atoms with Crippen LogP contribution in [-0.4, -0.2) is 27.4 Å². The number of nitrogens with one attached hydrogen (secondary N) is 2. The van der Waals surface area contributed by atoms with Gasteiger partial charge in [0.2, 0.25) is 0 Å². The van der Waals surface area contributed by atoms with Crippen LogP contribution in [0.3, 0.4) is 0 Å². The van der Waals surface area contributed by atoms with E-state index in [1.165, 1.54) is 0 Å². The number of pyridine rings is 1. The number of hydrogen-bond acceptors (Lipinski definition) is 2. The van der Waals surface area contributed by atoms with Gasteiger partial charge in [-0.05, 0) is 37.1 Å². The molecule has 0 radical (unpaired) electrons. The predicted molar refractivity (Wildman–Crippen MR) is 90.2 cm³/mol. The minimum atomic E-state index is -0.0692. The number of nitrogens with zero attached hydrogens (tertiary/aromatic N) is 2. The van der Waals surface area contributed by atoms with Crippen molar-refractivity contribution in [2.75, 3.05) is 11.9 Å². The highest BCUT2D eigenvalue weighted by molar-refractivity contribution is 5.99. The summed E-state index contributed by atoms with van der Waals surface area (Å²) in [4.78, 5) is 22.2. The van der Waals surface area contributed by atoms with E-state index in [1.54, 1.807) is 6.20 Å². The first-order valence-electron chi connectivity index (χ1n) is 7.87. The van der Waals surface area contributed by atoms with E-state index in [1.807, 2.05) is 53.6 Å². The first-order valence-corrected chi connectivity index (χ1v) is 7.87. The molecule has 1 aromatic carbocycles. The molecule has 2 N–H and O–H groups in total. The first kappa shape index (κ1) is 13.8. The van der Waals surface area contributed by atoms with Crippen molar-refractivity contribution in [1.82, 2.24) is 14.9 Å². The predicted octanol–water partition coefficient (Wildman–Crippen LogP) is 3.93. The Morgan fingerprint density at radius 2 is 2.13 bits per heavy atom. The summed E-state index contributed by atoms with van der Waals surface area (Å²) in [5, 5.41) is 4.05. The average Bonchev–Trinajstić information content (AvgIpc) is 3.26. The summed E-state index contributed by atoms with van der Waals surface area (Å²) in [7, 11) is 0. The van der Waals surface area contributed by atoms with E-state index >= 15 is 0 Å². The minimum Gasteiger partial charge on any atom is -0.363 e. The summed E-state index contributed by atoms with van der Waals surface area (Å²) >= 11 is 0. The Hall–Kier alpha value is -2.82. The van der Waals surface area contributed by atoms with E-state index in [2.05, 4.69) is 15.3 Å². The second-order valence-electron chi connectivity index (χ2n) is 5.79. The largest absolute Gasteiger partial charge is 0.363 e. The Labute approximate surface area is 134 Å². The van der Waals surface area contributed by atoms with Crippen molar-refractivity contribution in [2.24, 2.45) is 0 Å². The van der Waals surface area contributed by atoms with Gasteiger partial charge in [0.05, 0.1) is 17.2 Å². The molecule has 0 aliphatic carbocycles. The summed E-state index contributed by atoms with van der Waals surface area (Å²) < 4.78 is 0. The van der Waals surface area contributed by atoms with Crippen molar-refractivity contribution >= 4 is 22.6 Å². The fourth-order valence-electron chi connectivity index (χ4n) is 3.28. The van der Waals surface area contributed by atoms with Crippen LogP contribution in [0.25, 0.3) is 10.9 Å². The maximum atomic E-state index is 12.7. The second kappa shape index (κ2) is 5.76. The molecule has 1 aliphatic rings. The molecule has 1 unspecified atom stereocenters. The molecule has 116 valence electrons. The molecule has 5 heteroatoms. The molecular weight excluding hydrogens is 288 g/mol. The smallest absolute Gasteiger partial charge is 0.322 e. The van der Waals surface area contributed by atoms with Crippen LogP contribution in [0.2, 0.25) is 0 Å². The van der Waals surface area contributed by atoms with Crippen LogP contribution in [0.4, 0.5) is 10.5 Å². The second-order valence-corrected chi connectivity index (χ2v) is 5.79. The lowest BCUT2D eigenvalue weighted by Crippen LogP contribution is -2.34. The molecule has 0 bridgehead atoms. The van der Waals surface area contributed by atoms with Crippen molar-refractivity contribution in [1.29, 1.82) is 0 Å². The lowest BCUT2D eigenvalue weighted by atomic mass is 10.1. The number of rotatable bonds is 2. The van der Waals surface area contributed by atoms with E-state index in [-0.39, 0.29) is 12.1 Å². The Kier molecular flexibility index (Phi) is 3.46. The number of urea groups is 1. The van der Waals surface area contributed by atoms with E-state index < -0.39 is 0 Å². The lowest BCUT2D eigenvalue weighted by Gasteiger charge is -2.24. The van der Waals surface area contributed by atoms with Crippen LogP contribution in [-0.2, 0) is 0 Å². The molecular formula is C18H18N4O. The van der Waals surface area contributed by atoms with Gasteiger partial charge in [0.1, 0.15) is 0 Å². The third kappa shape index (κ3) is 2.54. The number of aromatic amines is 1. The molecule has 3 aromatic rings. The number of likely N-dealkylation sites (tertiary alicyclic amines) is 1. The van der Waals surface area contributed by atoms with E-state index in [9.17, 15) is 4.79 Å². The zero-order valence-electron chi connectivity index (χ0n) is 12.7. The standard InChI is InChI=1S/C18H18N4O/c23-18(22-12-4-9-16(22)14-8-3-10-19-14)21-15-7-1-5-13-6-2-11-20-17(13)15/h1-3,5-8,10-11,16,19H,4,9,12H2,(H,21,23). The molecule has 1 saturated heterocycles. The van der Waals surface area contributed by atoms with Crippen LogP contribution in [0, 0.1) is 0 Å². The number of benzene rings is 1. The van der Waals surface area contributed by atoms with Crippen molar-refractivity contribution in [3.8, 4) is 0 Å². The van der Waals surface area contributed by atoms with E-state index in [0.717, 1.165) is 41.7 Å². The summed E-state index contributed by atoms with van der Waals surface area (Å²) in [6.07, 6.45) is 5.65. The molecule has 1 aliphatic heterocycles. The summed E-state index contributed by atoms with van der Waals surface area (Å²) in [6, 6.07) is 13.8. The Morgan fingerprint density at radius 3 is 3.00 bits per heavy atom. The van der Waals surface area contributed by atoms with Gasteiger partial charge in [0.15, 0.2) is 0 Å². The zero-order chi connectivity index (χ0) is 15.6. The van der Waals surface area contributed by atoms with Crippen LogP contribution in [0.5, 0.6) is 0 Å². The van der Waals surface area contributed by atoms with Crippen LogP contribution in [0.1, 0.15) is 24.6 Å². The Balaban J connectivity index is 1.59. The van der Waals surface area contributed by atoms with Gasteiger partial charge in [-0.3, -0.25) is 4.98 Å². The third-order valence-corrected chi connectivity index (χ3v) is 4.37. The SMILES string of the molecule is O=C(Nc1cccc2cccnc12)N1CCCC1c1ccc[nH]1. The van der Waals surface area contributed by atoms with Crippen molar-refractivity contribution in [2.45, 2.75) is 18.9 Å². The molecule has 1 atom stereocenters. The summed E-state index contributed by atoms with van der Waals surface area (Å²) in [6.45, 7) is 0.772. The number of carbonyl (C=O) groups is 1. The Morgan fingerprint density at radius 1 is 1.22 bits per heavy atom. The number of H-pyrrole nitrogens is 1. The maximum Gasteiger partial charge on any atom is 0.322 e. The zero-order valence-corrected chi connectivity index (χ0v) is 12.7. The highest BCUT2D eigenvalue weighted by Gasteiger charge is 2.30. The number of amides is 2. The average molecular weight is 306 g/mol. The number of para-hydroxylation sites is 1. The number of aromatic nitrogens is 2. The number of fused-ring (bicyclic) bond motifs is 1. The number of carbonyl (C=O) groups excluding carboxylic acids is 1. The topological polar surface area (TPSA) is 61.0 Å². The van der Waals surface area contributed by atoms with Crippen LogP contribution in [0.15, 0.2) is 54.9 Å². The van der Waals surface area contributed by atoms with E-state index in [0.29, 0.717) is 0 Å². The van der Waals surface area contributed by atoms with Gasteiger partial charge >= 0.3 is 6.03 Å². The molecule has 2 amide bonds. The molecule has 0 spiro atoms. The lowest BCUT2D eigenvalue weighted by molar-refractivity contribution is 0.206. The molecule has 2 aromatic heterocycles. The molecule has 1 fully saturated rings. The van der Waals surface area contributed by atoms with Gasteiger partial charge in [-0.2, -0.15) is 0 Å². The molecule has 5 nitrogen and oxygen atoms in total. The van der Waals surface area contributed by atoms with E-state index in [4.69, 9.17) is 0 Å². The highest BCUT2D eigenvalue weighted by Crippen LogP contribution is 2.31. The van der Waals surface area contributed by atoms with Gasteiger partial charge in [-0.1, -0.05) is 18.2 Å². The van der Waals surface area contributed by atoms with Gasteiger partial charge in [-0.25, -0.2) is 4.79 Å². The highest BCUT2D eigenvalue weighted by atomic mass is 16.2. The fraction of sp³-hybridized carbons (Fsp3) is 0.222. The molecule has 3 heterocycles. The minimum absolute atomic E-state index is 0.0692. The van der Waals surface area contributed by atoms with Crippen molar-refractivity contribution in [3.63, 3.8) is 0 Å². The van der Waals surface area contributed by atoms with Crippen LogP contribution < -0.4 is 5.32 Å². The monoisotopic (exact) mass is 306 g/mol. The molecule has 4 rings (SSSR count). The third-order valence-electron chi connectivity index (χ3n) is 4.37. The summed E-state index contributed by atoms with van der Waals surface area (Å²) in [5.74, 6) is 0. The van der Waals surface area contributed by atoms with Gasteiger partial charge in [0.25, 0.3) is 0 Å². The molecule has 23 heavy (non-hydrogen) atoms. The van der Waals surface area contributed by atoms with Crippen molar-refractivity contribution in [3.05, 3.63) is 60.6 Å². The number of hydrogen-bond donors (Lipinski definition) is 2. The summed E-state index contributed by atoms with van der Waals surface area (Å²) in [5.41, 5.74) is 2.66. The first-order chi connectivity index (χ1) is 11.3. The Bertz CT molecular complexity index is 823. The number of anilines is 1. The normalized spacial score (nSPS) is 17.6. The maximum absolute atomic E-state index is 12.7. The van der Waals surface area contributed by atoms with Crippen molar-refractivity contribution < 1.29 is 4.79 Å². The quantitative estimate of drug-likeness (QED) is 0.753. The van der Waals surface area contributed by atoms with Crippen LogP contribution >= 0.6 is 0 Å². The van der Waals surface area contributed by atoms with Gasteiger partial charge in [0, 0.05) is 30.0 Å². The van der Waals surface area contributed by atoms with Gasteiger partial charge < -0.3 is 15.2 Å². The molecule has 0 saturated carbocycles. The fourth-order valence-corrected chi connectivity index (χ4v) is 3.28.